The molecule has 0 unspecified atom stereocenters. The first kappa shape index (κ1) is 20.2. The van der Waals surface area contributed by atoms with Crippen molar-refractivity contribution in [3.8, 4) is 5.75 Å². The van der Waals surface area contributed by atoms with Gasteiger partial charge in [-0.25, -0.2) is 9.78 Å². The van der Waals surface area contributed by atoms with Crippen LogP contribution in [0.25, 0.3) is 10.2 Å². The summed E-state index contributed by atoms with van der Waals surface area (Å²) in [6, 6.07) is 9.50. The summed E-state index contributed by atoms with van der Waals surface area (Å²) in [5.41, 5.74) is 0.734. The molecule has 1 amide bonds. The normalized spacial score (nSPS) is 10.6. The lowest BCUT2D eigenvalue weighted by atomic mass is 10.1. The van der Waals surface area contributed by atoms with Crippen LogP contribution in [0.2, 0.25) is 0 Å². The van der Waals surface area contributed by atoms with E-state index >= 15 is 0 Å². The summed E-state index contributed by atoms with van der Waals surface area (Å²) >= 11 is 1.27. The lowest BCUT2D eigenvalue weighted by Gasteiger charge is -2.07. The van der Waals surface area contributed by atoms with Gasteiger partial charge in [0.1, 0.15) is 5.75 Å². The molecule has 0 fully saturated rings. The van der Waals surface area contributed by atoms with Gasteiger partial charge in [0.05, 0.1) is 27.3 Å². The number of anilines is 1. The number of hydrogen-bond acceptors (Lipinski definition) is 8. The fourth-order valence-corrected chi connectivity index (χ4v) is 3.53. The number of thiazole rings is 1. The van der Waals surface area contributed by atoms with Crippen LogP contribution in [0.4, 0.5) is 10.8 Å². The van der Waals surface area contributed by atoms with Crippen molar-refractivity contribution in [2.45, 2.75) is 13.8 Å². The van der Waals surface area contributed by atoms with Crippen molar-refractivity contribution in [1.82, 2.24) is 4.98 Å². The fourth-order valence-electron chi connectivity index (χ4n) is 2.62. The Labute approximate surface area is 169 Å². The number of amides is 1. The van der Waals surface area contributed by atoms with Crippen LogP contribution in [-0.2, 0) is 9.53 Å². The highest BCUT2D eigenvalue weighted by Gasteiger charge is 2.20. The molecule has 0 aliphatic heterocycles. The Morgan fingerprint density at radius 2 is 2.07 bits per heavy atom. The number of esters is 1. The highest BCUT2D eigenvalue weighted by atomic mass is 32.1. The summed E-state index contributed by atoms with van der Waals surface area (Å²) in [5.74, 6) is -0.666. The van der Waals surface area contributed by atoms with E-state index in [4.69, 9.17) is 9.47 Å². The Balaban J connectivity index is 1.63. The smallest absolute Gasteiger partial charge is 0.339 e. The molecular weight excluding hydrogens is 398 g/mol. The van der Waals surface area contributed by atoms with E-state index in [0.717, 1.165) is 4.70 Å². The summed E-state index contributed by atoms with van der Waals surface area (Å²) < 4.78 is 11.3. The number of carbonyl (C=O) groups excluding carboxylic acids is 2. The Kier molecular flexibility index (Phi) is 6.03. The Morgan fingerprint density at radius 3 is 2.79 bits per heavy atom. The predicted molar refractivity (Wildman–Crippen MR) is 108 cm³/mol. The number of nitrogens with zero attached hydrogens (tertiary/aromatic N) is 2. The number of aromatic nitrogens is 1. The van der Waals surface area contributed by atoms with Gasteiger partial charge in [-0.05, 0) is 38.1 Å². The van der Waals surface area contributed by atoms with Crippen LogP contribution in [0.15, 0.2) is 36.4 Å². The van der Waals surface area contributed by atoms with Crippen LogP contribution in [0, 0.1) is 17.0 Å². The summed E-state index contributed by atoms with van der Waals surface area (Å²) in [6.07, 6.45) is 0. The number of nitrogens with one attached hydrogen (secondary N) is 1. The summed E-state index contributed by atoms with van der Waals surface area (Å²) in [5, 5.41) is 13.9. The lowest BCUT2D eigenvalue weighted by Crippen LogP contribution is -2.21. The second-order valence-corrected chi connectivity index (χ2v) is 6.94. The van der Waals surface area contributed by atoms with Gasteiger partial charge in [0.2, 0.25) is 0 Å². The van der Waals surface area contributed by atoms with Crippen LogP contribution in [0.1, 0.15) is 22.8 Å². The van der Waals surface area contributed by atoms with Gasteiger partial charge in [-0.2, -0.15) is 0 Å². The van der Waals surface area contributed by atoms with Gasteiger partial charge >= 0.3 is 5.97 Å². The molecule has 2 aromatic carbocycles. The molecule has 0 saturated carbocycles. The summed E-state index contributed by atoms with van der Waals surface area (Å²) in [4.78, 5) is 39.0. The van der Waals surface area contributed by atoms with Gasteiger partial charge in [-0.15, -0.1) is 0 Å². The minimum Gasteiger partial charge on any atom is -0.494 e. The number of fused-ring (bicyclic) bond motifs is 1. The van der Waals surface area contributed by atoms with Gasteiger partial charge in [-0.1, -0.05) is 17.4 Å². The highest BCUT2D eigenvalue weighted by Crippen LogP contribution is 2.29. The minimum absolute atomic E-state index is 0.0374. The molecule has 1 heterocycles. The van der Waals surface area contributed by atoms with E-state index in [9.17, 15) is 19.7 Å². The lowest BCUT2D eigenvalue weighted by molar-refractivity contribution is -0.385. The maximum absolute atomic E-state index is 12.2. The largest absolute Gasteiger partial charge is 0.494 e. The van der Waals surface area contributed by atoms with Crippen molar-refractivity contribution in [2.75, 3.05) is 18.5 Å². The number of rotatable bonds is 7. The molecule has 0 saturated heterocycles. The zero-order valence-electron chi connectivity index (χ0n) is 15.6. The maximum Gasteiger partial charge on any atom is 0.339 e. The number of carbonyl (C=O) groups is 2. The molecule has 0 aliphatic rings. The molecule has 3 aromatic rings. The minimum atomic E-state index is -0.813. The fraction of sp³-hybridized carbons (Fsp3) is 0.211. The summed E-state index contributed by atoms with van der Waals surface area (Å²) in [6.45, 7) is 3.34. The summed E-state index contributed by atoms with van der Waals surface area (Å²) in [7, 11) is 0. The van der Waals surface area contributed by atoms with E-state index in [2.05, 4.69) is 10.3 Å². The third kappa shape index (κ3) is 4.66. The van der Waals surface area contributed by atoms with Crippen molar-refractivity contribution in [1.29, 1.82) is 0 Å². The van der Waals surface area contributed by atoms with Crippen LogP contribution in [0.5, 0.6) is 5.75 Å². The van der Waals surface area contributed by atoms with Gasteiger partial charge in [0.15, 0.2) is 11.7 Å². The van der Waals surface area contributed by atoms with Crippen LogP contribution in [0.3, 0.4) is 0 Å². The standard InChI is InChI=1S/C19H17N3O6S/c1-3-27-12-7-8-14-16(9-12)29-19(20-14)21-17(23)10-28-18(24)13-5-4-6-15(11(13)2)22(25)26/h4-9H,3,10H2,1-2H3,(H,20,21,23). The number of ether oxygens (including phenoxy) is 2. The highest BCUT2D eigenvalue weighted by molar-refractivity contribution is 7.22. The van der Waals surface area contributed by atoms with E-state index in [1.54, 1.807) is 12.1 Å². The van der Waals surface area contributed by atoms with Crippen LogP contribution >= 0.6 is 11.3 Å². The molecule has 29 heavy (non-hydrogen) atoms. The van der Waals surface area contributed by atoms with E-state index in [-0.39, 0.29) is 16.8 Å². The third-order valence-corrected chi connectivity index (χ3v) is 4.91. The number of nitro groups is 1. The van der Waals surface area contributed by atoms with E-state index in [0.29, 0.717) is 23.0 Å². The van der Waals surface area contributed by atoms with Crippen molar-refractivity contribution < 1.29 is 24.0 Å². The van der Waals surface area contributed by atoms with E-state index < -0.39 is 23.4 Å². The van der Waals surface area contributed by atoms with Crippen molar-refractivity contribution in [3.05, 3.63) is 57.6 Å². The monoisotopic (exact) mass is 415 g/mol. The number of benzene rings is 2. The molecule has 0 atom stereocenters. The SMILES string of the molecule is CCOc1ccc2nc(NC(=O)COC(=O)c3cccc([N+](=O)[O-])c3C)sc2c1. The molecule has 0 radical (unpaired) electrons. The molecular formula is C19H17N3O6S. The molecule has 1 aromatic heterocycles. The average Bonchev–Trinajstić information content (AvgIpc) is 3.07. The van der Waals surface area contributed by atoms with E-state index in [1.165, 1.54) is 36.5 Å². The zero-order chi connectivity index (χ0) is 21.0. The maximum atomic E-state index is 12.2. The van der Waals surface area contributed by atoms with Crippen molar-refractivity contribution in [2.24, 2.45) is 0 Å². The molecule has 0 bridgehead atoms. The first-order valence-electron chi connectivity index (χ1n) is 8.63. The van der Waals surface area contributed by atoms with Gasteiger partial charge in [0, 0.05) is 11.6 Å². The average molecular weight is 415 g/mol. The zero-order valence-corrected chi connectivity index (χ0v) is 16.4. The first-order chi connectivity index (χ1) is 13.9. The quantitative estimate of drug-likeness (QED) is 0.355. The molecule has 1 N–H and O–H groups in total. The number of hydrogen-bond donors (Lipinski definition) is 1. The second-order valence-electron chi connectivity index (χ2n) is 5.91. The Hall–Kier alpha value is -3.53. The van der Waals surface area contributed by atoms with E-state index in [1.807, 2.05) is 13.0 Å². The molecule has 150 valence electrons. The van der Waals surface area contributed by atoms with Crippen LogP contribution in [-0.4, -0.2) is 35.0 Å². The molecule has 0 spiro atoms. The van der Waals surface area contributed by atoms with Crippen molar-refractivity contribution in [3.63, 3.8) is 0 Å². The predicted octanol–water partition coefficient (Wildman–Crippen LogP) is 3.71. The Morgan fingerprint density at radius 1 is 1.28 bits per heavy atom. The third-order valence-electron chi connectivity index (χ3n) is 3.97. The van der Waals surface area contributed by atoms with Gasteiger partial charge < -0.3 is 9.47 Å². The number of nitro benzene ring substituents is 1. The second kappa shape index (κ2) is 8.65. The molecule has 10 heteroatoms. The molecule has 3 rings (SSSR count). The topological polar surface area (TPSA) is 121 Å². The van der Waals surface area contributed by atoms with Gasteiger partial charge in [0.25, 0.3) is 11.6 Å². The van der Waals surface area contributed by atoms with Crippen molar-refractivity contribution >= 4 is 44.2 Å². The Bertz CT molecular complexity index is 1090. The first-order valence-corrected chi connectivity index (χ1v) is 9.45. The van der Waals surface area contributed by atoms with Gasteiger partial charge in [-0.3, -0.25) is 20.2 Å². The molecule has 9 nitrogen and oxygen atoms in total. The van der Waals surface area contributed by atoms with Crippen LogP contribution < -0.4 is 10.1 Å². The molecule has 0 aliphatic carbocycles.